The van der Waals surface area contributed by atoms with E-state index in [1.807, 2.05) is 19.9 Å². The summed E-state index contributed by atoms with van der Waals surface area (Å²) in [6, 6.07) is 12.8. The third-order valence-electron chi connectivity index (χ3n) is 4.85. The summed E-state index contributed by atoms with van der Waals surface area (Å²) >= 11 is 6.90. The molecule has 0 saturated carbocycles. The first kappa shape index (κ1) is 23.8. The van der Waals surface area contributed by atoms with E-state index in [1.165, 1.54) is 42.8 Å². The highest BCUT2D eigenvalue weighted by atomic mass is 35.5. The number of ether oxygens (including phenoxy) is 1. The van der Waals surface area contributed by atoms with Gasteiger partial charge in [-0.3, -0.25) is 9.10 Å². The number of anilines is 2. The summed E-state index contributed by atoms with van der Waals surface area (Å²) in [5, 5.41) is 4.66. The number of hydrogen-bond donors (Lipinski definition) is 1. The van der Waals surface area contributed by atoms with Gasteiger partial charge in [-0.15, -0.1) is 11.3 Å². The average Bonchev–Trinajstić information content (AvgIpc) is 3.26. The zero-order chi connectivity index (χ0) is 23.5. The summed E-state index contributed by atoms with van der Waals surface area (Å²) in [4.78, 5) is 24.7. The van der Waals surface area contributed by atoms with Crippen molar-refractivity contribution < 1.29 is 22.7 Å². The molecule has 3 aromatic rings. The van der Waals surface area contributed by atoms with Crippen LogP contribution in [0.15, 0.2) is 58.8 Å². The highest BCUT2D eigenvalue weighted by Crippen LogP contribution is 2.30. The van der Waals surface area contributed by atoms with Gasteiger partial charge >= 0.3 is 5.97 Å². The molecule has 0 aliphatic rings. The molecule has 0 radical (unpaired) electrons. The maximum atomic E-state index is 13.5. The first-order valence-corrected chi connectivity index (χ1v) is 12.1. The third-order valence-corrected chi connectivity index (χ3v) is 7.94. The van der Waals surface area contributed by atoms with Crippen LogP contribution < -0.4 is 9.62 Å². The van der Waals surface area contributed by atoms with Gasteiger partial charge in [-0.05, 0) is 66.8 Å². The van der Waals surface area contributed by atoms with E-state index < -0.39 is 28.4 Å². The van der Waals surface area contributed by atoms with Crippen LogP contribution in [0.3, 0.4) is 0 Å². The molecule has 1 N–H and O–H groups in total. The fraction of sp³-hybridized carbons (Fsp3) is 0.182. The molecule has 3 rings (SSSR count). The van der Waals surface area contributed by atoms with Crippen molar-refractivity contribution in [2.75, 3.05) is 23.3 Å². The molecule has 0 spiro atoms. The second kappa shape index (κ2) is 9.72. The molecule has 0 atom stereocenters. The molecule has 1 heterocycles. The number of methoxy groups -OCH3 is 1. The number of hydrogen-bond acceptors (Lipinski definition) is 6. The van der Waals surface area contributed by atoms with Gasteiger partial charge in [0, 0.05) is 10.7 Å². The van der Waals surface area contributed by atoms with E-state index in [0.29, 0.717) is 10.7 Å². The number of carbonyl (C=O) groups is 2. The second-order valence-electron chi connectivity index (χ2n) is 6.89. The maximum Gasteiger partial charge on any atom is 0.349 e. The second-order valence-corrected chi connectivity index (χ2v) is 10.1. The summed E-state index contributed by atoms with van der Waals surface area (Å²) in [6.45, 7) is 3.28. The SMILES string of the molecule is COC(=O)c1sccc1S(=O)(=O)N(CC(=O)Nc1cccc(C)c1C)c1ccc(Cl)cc1. The van der Waals surface area contributed by atoms with Gasteiger partial charge in [0.25, 0.3) is 10.0 Å². The third kappa shape index (κ3) is 4.95. The van der Waals surface area contributed by atoms with E-state index in [1.54, 1.807) is 12.1 Å². The fourth-order valence-corrected chi connectivity index (χ4v) is 5.85. The lowest BCUT2D eigenvalue weighted by Crippen LogP contribution is -2.38. The van der Waals surface area contributed by atoms with Crippen molar-refractivity contribution in [2.24, 2.45) is 0 Å². The molecule has 0 aliphatic carbocycles. The number of nitrogens with zero attached hydrogens (tertiary/aromatic N) is 1. The summed E-state index contributed by atoms with van der Waals surface area (Å²) in [7, 11) is -3.10. The number of aryl methyl sites for hydroxylation is 1. The molecule has 32 heavy (non-hydrogen) atoms. The summed E-state index contributed by atoms with van der Waals surface area (Å²) < 4.78 is 32.7. The standard InChI is InChI=1S/C22H21ClN2O5S2/c1-14-5-4-6-18(15(14)2)24-20(26)13-25(17-9-7-16(23)8-10-17)32(28,29)19-11-12-31-21(19)22(27)30-3/h4-12H,13H2,1-3H3,(H,24,26). The van der Waals surface area contributed by atoms with Gasteiger partial charge in [0.2, 0.25) is 5.91 Å². The van der Waals surface area contributed by atoms with Crippen LogP contribution in [0.4, 0.5) is 11.4 Å². The number of esters is 1. The van der Waals surface area contributed by atoms with Crippen molar-refractivity contribution in [1.82, 2.24) is 0 Å². The predicted molar refractivity (Wildman–Crippen MR) is 126 cm³/mol. The molecule has 168 valence electrons. The first-order valence-electron chi connectivity index (χ1n) is 9.45. The lowest BCUT2D eigenvalue weighted by molar-refractivity contribution is -0.114. The molecule has 1 amide bonds. The van der Waals surface area contributed by atoms with E-state index in [9.17, 15) is 18.0 Å². The lowest BCUT2D eigenvalue weighted by atomic mass is 10.1. The number of sulfonamides is 1. The number of halogens is 1. The quantitative estimate of drug-likeness (QED) is 0.485. The van der Waals surface area contributed by atoms with Crippen LogP contribution in [0.25, 0.3) is 0 Å². The highest BCUT2D eigenvalue weighted by Gasteiger charge is 2.32. The number of amides is 1. The molecular formula is C22H21ClN2O5S2. The van der Waals surface area contributed by atoms with Gasteiger partial charge < -0.3 is 10.1 Å². The number of benzene rings is 2. The Kier molecular flexibility index (Phi) is 7.22. The average molecular weight is 493 g/mol. The maximum absolute atomic E-state index is 13.5. The Balaban J connectivity index is 2.00. The van der Waals surface area contributed by atoms with E-state index >= 15 is 0 Å². The Hall–Kier alpha value is -2.88. The van der Waals surface area contributed by atoms with Gasteiger partial charge in [0.1, 0.15) is 16.3 Å². The van der Waals surface area contributed by atoms with Crippen molar-refractivity contribution in [3.8, 4) is 0 Å². The molecule has 0 unspecified atom stereocenters. The summed E-state index contributed by atoms with van der Waals surface area (Å²) in [5.74, 6) is -1.30. The van der Waals surface area contributed by atoms with E-state index in [4.69, 9.17) is 16.3 Å². The minimum absolute atomic E-state index is 0.0681. The number of nitrogens with one attached hydrogen (secondary N) is 1. The molecule has 0 fully saturated rings. The lowest BCUT2D eigenvalue weighted by Gasteiger charge is -2.24. The minimum atomic E-state index is -4.28. The smallest absolute Gasteiger partial charge is 0.349 e. The van der Waals surface area contributed by atoms with Crippen LogP contribution in [-0.4, -0.2) is 33.9 Å². The summed E-state index contributed by atoms with van der Waals surface area (Å²) in [5.41, 5.74) is 2.69. The van der Waals surface area contributed by atoms with Crippen LogP contribution in [0.5, 0.6) is 0 Å². The first-order chi connectivity index (χ1) is 15.1. The summed E-state index contributed by atoms with van der Waals surface area (Å²) in [6.07, 6.45) is 0. The Labute approximate surface area is 195 Å². The van der Waals surface area contributed by atoms with Crippen LogP contribution in [0.1, 0.15) is 20.8 Å². The van der Waals surface area contributed by atoms with E-state index in [2.05, 4.69) is 5.32 Å². The molecule has 0 saturated heterocycles. The molecule has 2 aromatic carbocycles. The van der Waals surface area contributed by atoms with Crippen molar-refractivity contribution in [3.05, 3.63) is 74.9 Å². The van der Waals surface area contributed by atoms with Gasteiger partial charge in [-0.25, -0.2) is 13.2 Å². The van der Waals surface area contributed by atoms with Gasteiger partial charge in [-0.2, -0.15) is 0 Å². The number of thiophene rings is 1. The molecule has 0 bridgehead atoms. The van der Waals surface area contributed by atoms with Crippen LogP contribution >= 0.6 is 22.9 Å². The minimum Gasteiger partial charge on any atom is -0.465 e. The van der Waals surface area contributed by atoms with Crippen molar-refractivity contribution in [2.45, 2.75) is 18.7 Å². The van der Waals surface area contributed by atoms with Crippen LogP contribution in [-0.2, 0) is 19.6 Å². The Morgan fingerprint density at radius 2 is 1.78 bits per heavy atom. The molecule has 7 nitrogen and oxygen atoms in total. The monoisotopic (exact) mass is 492 g/mol. The zero-order valence-corrected chi connectivity index (χ0v) is 20.0. The largest absolute Gasteiger partial charge is 0.465 e. The van der Waals surface area contributed by atoms with E-state index in [0.717, 1.165) is 26.8 Å². The fourth-order valence-electron chi connectivity index (χ4n) is 2.99. The van der Waals surface area contributed by atoms with Gasteiger partial charge in [0.05, 0.1) is 12.8 Å². The normalized spacial score (nSPS) is 11.1. The Morgan fingerprint density at radius 1 is 1.09 bits per heavy atom. The van der Waals surface area contributed by atoms with Gasteiger partial charge in [-0.1, -0.05) is 23.7 Å². The van der Waals surface area contributed by atoms with Gasteiger partial charge in [0.15, 0.2) is 0 Å². The Morgan fingerprint density at radius 3 is 2.44 bits per heavy atom. The van der Waals surface area contributed by atoms with E-state index in [-0.39, 0.29) is 15.5 Å². The number of rotatable bonds is 7. The molecule has 1 aromatic heterocycles. The van der Waals surface area contributed by atoms with Crippen molar-refractivity contribution in [1.29, 1.82) is 0 Å². The zero-order valence-electron chi connectivity index (χ0n) is 17.6. The Bertz CT molecular complexity index is 1250. The van der Waals surface area contributed by atoms with Crippen LogP contribution in [0.2, 0.25) is 5.02 Å². The van der Waals surface area contributed by atoms with Crippen molar-refractivity contribution >= 4 is 56.2 Å². The van der Waals surface area contributed by atoms with Crippen LogP contribution in [0, 0.1) is 13.8 Å². The predicted octanol–water partition coefficient (Wildman–Crippen LogP) is 4.64. The topological polar surface area (TPSA) is 92.8 Å². The molecule has 0 aliphatic heterocycles. The highest BCUT2D eigenvalue weighted by molar-refractivity contribution is 7.93. The molecular weight excluding hydrogens is 472 g/mol. The molecule has 10 heteroatoms. The van der Waals surface area contributed by atoms with Crippen molar-refractivity contribution in [3.63, 3.8) is 0 Å². The number of carbonyl (C=O) groups excluding carboxylic acids is 2.